The molecule has 0 saturated heterocycles. The first-order valence-electron chi connectivity index (χ1n) is 7.72. The maximum Gasteiger partial charge on any atom is 0.249 e. The predicted molar refractivity (Wildman–Crippen MR) is 105 cm³/mol. The van der Waals surface area contributed by atoms with Crippen molar-refractivity contribution in [3.63, 3.8) is 0 Å². The molecule has 1 aromatic heterocycles. The smallest absolute Gasteiger partial charge is 0.249 e. The van der Waals surface area contributed by atoms with E-state index in [0.717, 1.165) is 20.2 Å². The van der Waals surface area contributed by atoms with Gasteiger partial charge in [-0.3, -0.25) is 4.79 Å². The second-order valence-electron chi connectivity index (χ2n) is 5.81. The zero-order chi connectivity index (χ0) is 17.6. The second-order valence-corrected chi connectivity index (χ2v) is 6.97. The van der Waals surface area contributed by atoms with Gasteiger partial charge in [0.1, 0.15) is 5.82 Å². The van der Waals surface area contributed by atoms with E-state index in [4.69, 9.17) is 5.73 Å². The quantitative estimate of drug-likeness (QED) is 0.467. The van der Waals surface area contributed by atoms with Crippen LogP contribution in [0, 0.1) is 15.5 Å². The van der Waals surface area contributed by atoms with Crippen LogP contribution >= 0.6 is 22.6 Å². The van der Waals surface area contributed by atoms with E-state index in [-0.39, 0.29) is 0 Å². The van der Waals surface area contributed by atoms with Gasteiger partial charge in [0.05, 0.1) is 11.0 Å². The normalized spacial score (nSPS) is 11.3. The number of benzene rings is 3. The van der Waals surface area contributed by atoms with Crippen LogP contribution in [0.15, 0.2) is 54.6 Å². The third-order valence-electron chi connectivity index (χ3n) is 4.31. The van der Waals surface area contributed by atoms with E-state index in [1.54, 1.807) is 18.2 Å². The average molecular weight is 443 g/mol. The molecule has 0 saturated carbocycles. The van der Waals surface area contributed by atoms with E-state index >= 15 is 0 Å². The number of aromatic nitrogens is 1. The Morgan fingerprint density at radius 1 is 1.08 bits per heavy atom. The summed E-state index contributed by atoms with van der Waals surface area (Å²) in [4.78, 5) is 11.9. The fraction of sp³-hybridized carbons (Fsp3) is 0.0500. The summed E-state index contributed by atoms with van der Waals surface area (Å²) in [7, 11) is 0. The highest BCUT2D eigenvalue weighted by molar-refractivity contribution is 14.1. The van der Waals surface area contributed by atoms with Crippen molar-refractivity contribution in [3.05, 3.63) is 81.2 Å². The Morgan fingerprint density at radius 2 is 1.88 bits per heavy atom. The van der Waals surface area contributed by atoms with Gasteiger partial charge in [-0.05, 0) is 58.5 Å². The molecule has 4 aromatic rings. The molecule has 1 heterocycles. The van der Waals surface area contributed by atoms with E-state index in [1.807, 2.05) is 24.3 Å². The number of amides is 1. The highest BCUT2D eigenvalue weighted by Crippen LogP contribution is 2.32. The van der Waals surface area contributed by atoms with Gasteiger partial charge in [-0.1, -0.05) is 24.3 Å². The Balaban J connectivity index is 2.08. The molecule has 123 valence electrons. The molecule has 0 unspecified atom stereocenters. The van der Waals surface area contributed by atoms with E-state index in [0.29, 0.717) is 22.9 Å². The first-order chi connectivity index (χ1) is 12.1. The topological polar surface area (TPSA) is 48.0 Å². The minimum absolute atomic E-state index is 0.380. The van der Waals surface area contributed by atoms with E-state index in [2.05, 4.69) is 39.3 Å². The summed E-state index contributed by atoms with van der Waals surface area (Å²) in [6.45, 7) is 0.612. The van der Waals surface area contributed by atoms with Crippen LogP contribution in [0.25, 0.3) is 21.8 Å². The van der Waals surface area contributed by atoms with Crippen LogP contribution < -0.4 is 5.73 Å². The summed E-state index contributed by atoms with van der Waals surface area (Å²) in [5.41, 5.74) is 8.73. The van der Waals surface area contributed by atoms with Gasteiger partial charge in [-0.15, -0.1) is 0 Å². The summed E-state index contributed by atoms with van der Waals surface area (Å²) < 4.78 is 17.0. The first-order valence-corrected chi connectivity index (χ1v) is 8.80. The van der Waals surface area contributed by atoms with Crippen LogP contribution in [0.1, 0.15) is 15.9 Å². The maximum absolute atomic E-state index is 13.8. The van der Waals surface area contributed by atoms with Gasteiger partial charge in [0, 0.05) is 32.5 Å². The van der Waals surface area contributed by atoms with Gasteiger partial charge in [-0.2, -0.15) is 0 Å². The molecular weight excluding hydrogens is 430 g/mol. The molecule has 0 atom stereocenters. The standard InChI is InChI=1S/C20H13FIN2O/c21-13-8-9-17-15(10-13)19-14(20(23)25)5-3-7-18(19)24(17)11-12-4-1-2-6-16(12)22/h1-9H,11H2,(H2,23,25). The zero-order valence-corrected chi connectivity index (χ0v) is 15.2. The highest BCUT2D eigenvalue weighted by atomic mass is 127. The zero-order valence-electron chi connectivity index (χ0n) is 13.1. The Morgan fingerprint density at radius 3 is 2.64 bits per heavy atom. The number of fused-ring (bicyclic) bond motifs is 3. The van der Waals surface area contributed by atoms with E-state index < -0.39 is 11.7 Å². The van der Waals surface area contributed by atoms with Gasteiger partial charge in [0.25, 0.3) is 0 Å². The number of rotatable bonds is 3. The van der Waals surface area contributed by atoms with Gasteiger partial charge in [-0.25, -0.2) is 4.39 Å². The monoisotopic (exact) mass is 443 g/mol. The third kappa shape index (κ3) is 2.68. The molecule has 1 amide bonds. The van der Waals surface area contributed by atoms with Crippen molar-refractivity contribution < 1.29 is 9.18 Å². The summed E-state index contributed by atoms with van der Waals surface area (Å²) in [5.74, 6) is -0.989. The molecule has 3 aromatic carbocycles. The number of hydrogen-bond donors (Lipinski definition) is 1. The van der Waals surface area contributed by atoms with Crippen molar-refractivity contribution in [2.75, 3.05) is 0 Å². The van der Waals surface area contributed by atoms with E-state index in [1.165, 1.54) is 6.07 Å². The molecular formula is C20H13FIN2O. The lowest BCUT2D eigenvalue weighted by atomic mass is 10.1. The highest BCUT2D eigenvalue weighted by Gasteiger charge is 2.17. The Labute approximate surface area is 157 Å². The lowest BCUT2D eigenvalue weighted by molar-refractivity contribution is 0.100. The maximum atomic E-state index is 13.8. The molecule has 1 radical (unpaired) electrons. The minimum atomic E-state index is -0.531. The molecule has 2 N–H and O–H groups in total. The molecule has 4 rings (SSSR count). The fourth-order valence-electron chi connectivity index (χ4n) is 3.21. The number of hydrogen-bond acceptors (Lipinski definition) is 1. The van der Waals surface area contributed by atoms with Crippen LogP contribution in [-0.4, -0.2) is 10.5 Å². The van der Waals surface area contributed by atoms with Crippen molar-refractivity contribution in [2.45, 2.75) is 6.54 Å². The van der Waals surface area contributed by atoms with Crippen molar-refractivity contribution in [1.82, 2.24) is 4.57 Å². The van der Waals surface area contributed by atoms with E-state index in [9.17, 15) is 9.18 Å². The molecule has 0 aliphatic rings. The number of nitrogens with two attached hydrogens (primary N) is 1. The summed E-state index contributed by atoms with van der Waals surface area (Å²) >= 11 is 2.30. The van der Waals surface area contributed by atoms with Crippen molar-refractivity contribution in [2.24, 2.45) is 5.73 Å². The van der Waals surface area contributed by atoms with Gasteiger partial charge in [0.2, 0.25) is 5.91 Å². The van der Waals surface area contributed by atoms with Crippen LogP contribution in [0.5, 0.6) is 0 Å². The average Bonchev–Trinajstić information content (AvgIpc) is 2.90. The van der Waals surface area contributed by atoms with Crippen molar-refractivity contribution in [1.29, 1.82) is 0 Å². The summed E-state index contributed by atoms with van der Waals surface area (Å²) in [5, 5.41) is 1.23. The van der Waals surface area contributed by atoms with Crippen LogP contribution in [0.4, 0.5) is 4.39 Å². The molecule has 5 heteroatoms. The summed E-state index contributed by atoms with van der Waals surface area (Å²) in [6, 6.07) is 19.3. The molecule has 0 spiro atoms. The fourth-order valence-corrected chi connectivity index (χ4v) is 3.76. The Bertz CT molecular complexity index is 1130. The SMILES string of the molecule is NC(=O)c1cccc2c1c1[c]c(F)ccc1n2Cc1ccccc1I. The molecule has 25 heavy (non-hydrogen) atoms. The van der Waals surface area contributed by atoms with Gasteiger partial charge < -0.3 is 10.3 Å². The number of nitrogens with zero attached hydrogens (tertiary/aromatic N) is 1. The third-order valence-corrected chi connectivity index (χ3v) is 5.37. The molecule has 0 fully saturated rings. The number of primary amides is 1. The second kappa shape index (κ2) is 6.15. The first kappa shape index (κ1) is 16.1. The summed E-state index contributed by atoms with van der Waals surface area (Å²) in [6.07, 6.45) is 0. The lowest BCUT2D eigenvalue weighted by Gasteiger charge is -2.09. The van der Waals surface area contributed by atoms with Crippen LogP contribution in [0.3, 0.4) is 0 Å². The van der Waals surface area contributed by atoms with Gasteiger partial charge >= 0.3 is 0 Å². The molecule has 0 aliphatic heterocycles. The predicted octanol–water partition coefficient (Wildman–Crippen LogP) is 4.49. The van der Waals surface area contributed by atoms with Crippen molar-refractivity contribution in [3.8, 4) is 0 Å². The Kier molecular flexibility index (Phi) is 3.95. The number of carbonyl (C=O) groups excluding carboxylic acids is 1. The molecule has 3 nitrogen and oxygen atoms in total. The van der Waals surface area contributed by atoms with Gasteiger partial charge in [0.15, 0.2) is 0 Å². The molecule has 0 aliphatic carbocycles. The van der Waals surface area contributed by atoms with Crippen LogP contribution in [-0.2, 0) is 6.54 Å². The number of halogens is 2. The van der Waals surface area contributed by atoms with Crippen molar-refractivity contribution >= 4 is 50.3 Å². The Hall–Kier alpha value is -2.41. The number of carbonyl (C=O) groups is 1. The van der Waals surface area contributed by atoms with Crippen LogP contribution in [0.2, 0.25) is 0 Å². The molecule has 0 bridgehead atoms. The minimum Gasteiger partial charge on any atom is -0.366 e. The largest absolute Gasteiger partial charge is 0.366 e. The lowest BCUT2D eigenvalue weighted by Crippen LogP contribution is -2.11.